The number of nitrogens with two attached hydrogens (primary N) is 1. The van der Waals surface area contributed by atoms with E-state index in [0.717, 1.165) is 0 Å². The number of amides is 3. The Bertz CT molecular complexity index is 608. The van der Waals surface area contributed by atoms with Crippen LogP contribution in [-0.4, -0.2) is 75.4 Å². The fraction of sp³-hybridized carbons (Fsp3) is 0.789. The molecule has 0 heterocycles. The van der Waals surface area contributed by atoms with Gasteiger partial charge in [-0.1, -0.05) is 27.7 Å². The Labute approximate surface area is 176 Å². The second-order valence-electron chi connectivity index (χ2n) is 8.25. The lowest BCUT2D eigenvalue weighted by atomic mass is 10.0. The van der Waals surface area contributed by atoms with Gasteiger partial charge in [0.2, 0.25) is 17.7 Å². The molecule has 0 aromatic heterocycles. The van der Waals surface area contributed by atoms with Crippen LogP contribution in [0.15, 0.2) is 0 Å². The summed E-state index contributed by atoms with van der Waals surface area (Å²) in [6.07, 6.45) is -2.29. The third-order valence-corrected chi connectivity index (χ3v) is 4.45. The van der Waals surface area contributed by atoms with Crippen LogP contribution in [0, 0.1) is 11.8 Å². The molecule has 0 aromatic carbocycles. The van der Waals surface area contributed by atoms with Crippen molar-refractivity contribution in [3.8, 4) is 0 Å². The van der Waals surface area contributed by atoms with Gasteiger partial charge >= 0.3 is 5.97 Å². The zero-order valence-electron chi connectivity index (χ0n) is 18.4. The number of aliphatic hydroxyl groups is 2. The van der Waals surface area contributed by atoms with E-state index in [9.17, 15) is 34.5 Å². The van der Waals surface area contributed by atoms with Gasteiger partial charge in [-0.2, -0.15) is 0 Å². The summed E-state index contributed by atoms with van der Waals surface area (Å²) in [6.45, 7) is 9.50. The van der Waals surface area contributed by atoms with E-state index in [0.29, 0.717) is 0 Å². The smallest absolute Gasteiger partial charge is 0.326 e. The number of aliphatic carboxylic acids is 1. The highest BCUT2D eigenvalue weighted by Crippen LogP contribution is 2.08. The molecule has 0 fully saturated rings. The number of aliphatic hydroxyl groups excluding tert-OH is 2. The highest BCUT2D eigenvalue weighted by molar-refractivity contribution is 5.94. The summed E-state index contributed by atoms with van der Waals surface area (Å²) in [6, 6.07) is -4.96. The van der Waals surface area contributed by atoms with Gasteiger partial charge in [0.1, 0.15) is 24.2 Å². The summed E-state index contributed by atoms with van der Waals surface area (Å²) in [5, 5.41) is 35.8. The van der Waals surface area contributed by atoms with Crippen LogP contribution in [-0.2, 0) is 19.2 Å². The van der Waals surface area contributed by atoms with E-state index in [2.05, 4.69) is 16.0 Å². The van der Waals surface area contributed by atoms with Gasteiger partial charge in [-0.15, -0.1) is 0 Å². The van der Waals surface area contributed by atoms with Crippen molar-refractivity contribution in [1.29, 1.82) is 0 Å². The van der Waals surface area contributed by atoms with Crippen molar-refractivity contribution >= 4 is 23.7 Å². The van der Waals surface area contributed by atoms with Crippen LogP contribution in [0.5, 0.6) is 0 Å². The lowest BCUT2D eigenvalue weighted by Crippen LogP contribution is -2.61. The van der Waals surface area contributed by atoms with Crippen molar-refractivity contribution < 1.29 is 34.5 Å². The average molecular weight is 433 g/mol. The number of hydrogen-bond donors (Lipinski definition) is 7. The molecule has 11 heteroatoms. The average Bonchev–Trinajstić information content (AvgIpc) is 2.60. The summed E-state index contributed by atoms with van der Waals surface area (Å²) in [5.74, 6) is -4.01. The standard InChI is InChI=1S/C19H36N4O7/c1-8(2)7-12(19(29)30)21-18(28)15(11(6)25)23-17(27)14(9(3)4)22-16(26)13(20)10(5)24/h8-15,24-25H,7,20H2,1-6H3,(H,21,28)(H,22,26)(H,23,27)(H,29,30). The highest BCUT2D eigenvalue weighted by atomic mass is 16.4. The van der Waals surface area contributed by atoms with Gasteiger partial charge in [0, 0.05) is 0 Å². The van der Waals surface area contributed by atoms with Crippen LogP contribution >= 0.6 is 0 Å². The van der Waals surface area contributed by atoms with Crippen LogP contribution < -0.4 is 21.7 Å². The Hall–Kier alpha value is -2.24. The summed E-state index contributed by atoms with van der Waals surface area (Å²) in [4.78, 5) is 48.7. The zero-order valence-corrected chi connectivity index (χ0v) is 18.4. The lowest BCUT2D eigenvalue weighted by Gasteiger charge is -2.28. The van der Waals surface area contributed by atoms with Gasteiger partial charge < -0.3 is 37.0 Å². The minimum atomic E-state index is -1.44. The summed E-state index contributed by atoms with van der Waals surface area (Å²) in [5.41, 5.74) is 5.58. The van der Waals surface area contributed by atoms with Crippen LogP contribution in [0.1, 0.15) is 48.0 Å². The second kappa shape index (κ2) is 12.5. The molecule has 6 unspecified atom stereocenters. The third-order valence-electron chi connectivity index (χ3n) is 4.45. The molecule has 0 rings (SSSR count). The molecule has 0 aliphatic carbocycles. The van der Waals surface area contributed by atoms with E-state index in [4.69, 9.17) is 5.73 Å². The quantitative estimate of drug-likeness (QED) is 0.190. The number of nitrogens with one attached hydrogen (secondary N) is 3. The van der Waals surface area contributed by atoms with E-state index < -0.39 is 66.0 Å². The largest absolute Gasteiger partial charge is 0.480 e. The Morgan fingerprint density at radius 1 is 0.767 bits per heavy atom. The molecular weight excluding hydrogens is 396 g/mol. The molecule has 8 N–H and O–H groups in total. The molecule has 0 aromatic rings. The summed E-state index contributed by atoms with van der Waals surface area (Å²) >= 11 is 0. The molecule has 0 aliphatic rings. The lowest BCUT2D eigenvalue weighted by molar-refractivity contribution is -0.143. The van der Waals surface area contributed by atoms with Crippen molar-refractivity contribution in [2.75, 3.05) is 0 Å². The third kappa shape index (κ3) is 9.06. The highest BCUT2D eigenvalue weighted by Gasteiger charge is 2.34. The fourth-order valence-electron chi connectivity index (χ4n) is 2.61. The van der Waals surface area contributed by atoms with E-state index in [1.165, 1.54) is 13.8 Å². The summed E-state index contributed by atoms with van der Waals surface area (Å²) < 4.78 is 0. The maximum absolute atomic E-state index is 12.7. The monoisotopic (exact) mass is 432 g/mol. The predicted octanol–water partition coefficient (Wildman–Crippen LogP) is -1.68. The normalized spacial score (nSPS) is 17.4. The molecule has 0 bridgehead atoms. The first-order valence-corrected chi connectivity index (χ1v) is 9.94. The zero-order chi connectivity index (χ0) is 23.8. The van der Waals surface area contributed by atoms with Crippen molar-refractivity contribution in [1.82, 2.24) is 16.0 Å². The molecular formula is C19H36N4O7. The molecule has 0 aliphatic heterocycles. The molecule has 0 saturated heterocycles. The molecule has 0 saturated carbocycles. The molecule has 0 radical (unpaired) electrons. The molecule has 0 spiro atoms. The van der Waals surface area contributed by atoms with Crippen LogP contribution in [0.2, 0.25) is 0 Å². The van der Waals surface area contributed by atoms with E-state index in [1.807, 2.05) is 0 Å². The second-order valence-corrected chi connectivity index (χ2v) is 8.25. The number of carbonyl (C=O) groups excluding carboxylic acids is 3. The Morgan fingerprint density at radius 2 is 1.23 bits per heavy atom. The minimum Gasteiger partial charge on any atom is -0.480 e. The number of rotatable bonds is 12. The maximum atomic E-state index is 12.7. The first-order valence-electron chi connectivity index (χ1n) is 9.94. The van der Waals surface area contributed by atoms with Gasteiger partial charge in [-0.25, -0.2) is 4.79 Å². The van der Waals surface area contributed by atoms with Crippen LogP contribution in [0.3, 0.4) is 0 Å². The SMILES string of the molecule is CC(C)CC(NC(=O)C(NC(=O)C(NC(=O)C(N)C(C)O)C(C)C)C(C)O)C(=O)O. The Kier molecular flexibility index (Phi) is 11.5. The van der Waals surface area contributed by atoms with Gasteiger partial charge in [0.05, 0.1) is 12.2 Å². The number of carbonyl (C=O) groups is 4. The van der Waals surface area contributed by atoms with Gasteiger partial charge in [-0.05, 0) is 32.1 Å². The van der Waals surface area contributed by atoms with Gasteiger partial charge in [0.15, 0.2) is 0 Å². The van der Waals surface area contributed by atoms with E-state index >= 15 is 0 Å². The fourth-order valence-corrected chi connectivity index (χ4v) is 2.61. The van der Waals surface area contributed by atoms with Crippen molar-refractivity contribution in [2.45, 2.75) is 84.3 Å². The van der Waals surface area contributed by atoms with Crippen LogP contribution in [0.4, 0.5) is 0 Å². The molecule has 174 valence electrons. The molecule has 11 nitrogen and oxygen atoms in total. The van der Waals surface area contributed by atoms with E-state index in [1.54, 1.807) is 27.7 Å². The number of carboxylic acids is 1. The molecule has 3 amide bonds. The first-order chi connectivity index (χ1) is 13.7. The van der Waals surface area contributed by atoms with Crippen molar-refractivity contribution in [3.05, 3.63) is 0 Å². The Balaban J connectivity index is 5.37. The predicted molar refractivity (Wildman–Crippen MR) is 109 cm³/mol. The topological polar surface area (TPSA) is 191 Å². The maximum Gasteiger partial charge on any atom is 0.326 e. The summed E-state index contributed by atoms with van der Waals surface area (Å²) in [7, 11) is 0. The molecule has 6 atom stereocenters. The van der Waals surface area contributed by atoms with Crippen molar-refractivity contribution in [2.24, 2.45) is 17.6 Å². The Morgan fingerprint density at radius 3 is 1.60 bits per heavy atom. The van der Waals surface area contributed by atoms with Gasteiger partial charge in [0.25, 0.3) is 0 Å². The van der Waals surface area contributed by atoms with E-state index in [-0.39, 0.29) is 12.3 Å². The van der Waals surface area contributed by atoms with Crippen LogP contribution in [0.25, 0.3) is 0 Å². The van der Waals surface area contributed by atoms with Gasteiger partial charge in [-0.3, -0.25) is 14.4 Å². The number of hydrogen-bond acceptors (Lipinski definition) is 7. The minimum absolute atomic E-state index is 0.00958. The number of carboxylic acid groups (broad SMARTS) is 1. The first kappa shape index (κ1) is 27.8. The molecule has 30 heavy (non-hydrogen) atoms. The van der Waals surface area contributed by atoms with Crippen molar-refractivity contribution in [3.63, 3.8) is 0 Å².